The van der Waals surface area contributed by atoms with Gasteiger partial charge in [0.15, 0.2) is 0 Å². The average Bonchev–Trinajstić information content (AvgIpc) is 3.78. The van der Waals surface area contributed by atoms with Gasteiger partial charge in [0.25, 0.3) is 0 Å². The summed E-state index contributed by atoms with van der Waals surface area (Å²) in [4.78, 5) is 25.4. The Labute approximate surface area is 260 Å². The van der Waals surface area contributed by atoms with Crippen LogP contribution in [-0.4, -0.2) is 96.4 Å². The summed E-state index contributed by atoms with van der Waals surface area (Å²) in [5.74, 6) is 1.35. The van der Waals surface area contributed by atoms with E-state index in [1.165, 1.54) is 0 Å². The standard InChI is InChI=1S/C31H40N6O8/c1-42-22-6-3-18(4-7-22)11-24-28(26(38)16-32-24)44-30(40)34-14-20-12-23(43-2)8-5-19(20)13-25-29(27(39)17-33-25)45-31(41)35-15-21-9-10-36-37-21/h3-10,12,24-29,32-33,38-39H,11,13-17H2,1-2H3,(H,34,40)(H,35,41)(H,36,37)/t24-,25-,26+,27+,28+,29+/m1/s1. The molecule has 242 valence electrons. The van der Waals surface area contributed by atoms with E-state index in [0.717, 1.165) is 22.4 Å². The fourth-order valence-electron chi connectivity index (χ4n) is 5.64. The summed E-state index contributed by atoms with van der Waals surface area (Å²) < 4.78 is 21.9. The molecule has 2 aliphatic heterocycles. The van der Waals surface area contributed by atoms with Crippen molar-refractivity contribution in [2.45, 2.75) is 62.4 Å². The van der Waals surface area contributed by atoms with Gasteiger partial charge in [-0.15, -0.1) is 0 Å². The number of H-pyrrole nitrogens is 1. The summed E-state index contributed by atoms with van der Waals surface area (Å²) >= 11 is 0. The van der Waals surface area contributed by atoms with Crippen molar-refractivity contribution < 1.29 is 38.7 Å². The van der Waals surface area contributed by atoms with E-state index in [0.29, 0.717) is 30.8 Å². The highest BCUT2D eigenvalue weighted by Gasteiger charge is 2.39. The smallest absolute Gasteiger partial charge is 0.407 e. The van der Waals surface area contributed by atoms with Gasteiger partial charge in [-0.2, -0.15) is 5.10 Å². The van der Waals surface area contributed by atoms with Crippen molar-refractivity contribution in [2.75, 3.05) is 27.3 Å². The Morgan fingerprint density at radius 3 is 2.00 bits per heavy atom. The van der Waals surface area contributed by atoms with Crippen LogP contribution in [0.2, 0.25) is 0 Å². The summed E-state index contributed by atoms with van der Waals surface area (Å²) in [5.41, 5.74) is 3.35. The number of nitrogens with zero attached hydrogens (tertiary/aromatic N) is 1. The number of hydrogen-bond acceptors (Lipinski definition) is 11. The lowest BCUT2D eigenvalue weighted by molar-refractivity contribution is 0.0183. The highest BCUT2D eigenvalue weighted by atomic mass is 16.6. The van der Waals surface area contributed by atoms with E-state index >= 15 is 0 Å². The second-order valence-corrected chi connectivity index (χ2v) is 11.1. The molecule has 2 aromatic carbocycles. The number of aromatic amines is 1. The molecular weight excluding hydrogens is 584 g/mol. The third-order valence-corrected chi connectivity index (χ3v) is 8.09. The van der Waals surface area contributed by atoms with Crippen LogP contribution in [0.1, 0.15) is 22.4 Å². The maximum Gasteiger partial charge on any atom is 0.407 e. The quantitative estimate of drug-likeness (QED) is 0.151. The number of carbonyl (C=O) groups is 2. The lowest BCUT2D eigenvalue weighted by atomic mass is 9.97. The molecule has 3 aromatic rings. The molecule has 3 heterocycles. The van der Waals surface area contributed by atoms with Crippen LogP contribution >= 0.6 is 0 Å². The minimum atomic E-state index is -0.889. The summed E-state index contributed by atoms with van der Waals surface area (Å²) in [5, 5.41) is 39.6. The highest BCUT2D eigenvalue weighted by Crippen LogP contribution is 2.24. The van der Waals surface area contributed by atoms with E-state index in [2.05, 4.69) is 31.5 Å². The molecule has 2 amide bonds. The number of amides is 2. The van der Waals surface area contributed by atoms with E-state index in [4.69, 9.17) is 18.9 Å². The van der Waals surface area contributed by atoms with Gasteiger partial charge in [0.2, 0.25) is 0 Å². The van der Waals surface area contributed by atoms with Gasteiger partial charge in [-0.1, -0.05) is 18.2 Å². The third-order valence-electron chi connectivity index (χ3n) is 8.09. The molecule has 0 radical (unpaired) electrons. The first kappa shape index (κ1) is 32.0. The Balaban J connectivity index is 1.18. The largest absolute Gasteiger partial charge is 0.497 e. The molecule has 45 heavy (non-hydrogen) atoms. The van der Waals surface area contributed by atoms with Crippen LogP contribution in [0.25, 0.3) is 0 Å². The SMILES string of the molecule is COc1ccc(C[C@H]2NC[C@H](O)[C@H]2OC(=O)NCc2cc(OC)ccc2C[C@H]2NC[C@H](O)[C@H]2OC(=O)NCc2ccn[nH]2)cc1. The fraction of sp³-hybridized carbons (Fsp3) is 0.452. The van der Waals surface area contributed by atoms with Gasteiger partial charge in [-0.3, -0.25) is 5.10 Å². The summed E-state index contributed by atoms with van der Waals surface area (Å²) in [6.45, 7) is 0.897. The number of aliphatic hydroxyl groups excluding tert-OH is 2. The number of aliphatic hydroxyl groups is 2. The van der Waals surface area contributed by atoms with Crippen molar-refractivity contribution in [3.05, 3.63) is 77.1 Å². The zero-order valence-corrected chi connectivity index (χ0v) is 25.2. The molecule has 14 nitrogen and oxygen atoms in total. The van der Waals surface area contributed by atoms with Gasteiger partial charge >= 0.3 is 12.2 Å². The van der Waals surface area contributed by atoms with Crippen LogP contribution in [0.5, 0.6) is 11.5 Å². The van der Waals surface area contributed by atoms with Crippen LogP contribution in [-0.2, 0) is 35.4 Å². The number of β-amino-alcohol motifs (C(OH)–C–C–N with tert-alkyl or cyclic N) is 2. The molecule has 0 unspecified atom stereocenters. The Morgan fingerprint density at radius 1 is 0.800 bits per heavy atom. The minimum Gasteiger partial charge on any atom is -0.497 e. The number of benzene rings is 2. The predicted molar refractivity (Wildman–Crippen MR) is 162 cm³/mol. The van der Waals surface area contributed by atoms with Crippen molar-refractivity contribution in [1.82, 2.24) is 31.5 Å². The maximum absolute atomic E-state index is 12.9. The van der Waals surface area contributed by atoms with Crippen molar-refractivity contribution in [1.29, 1.82) is 0 Å². The molecule has 0 aliphatic carbocycles. The lowest BCUT2D eigenvalue weighted by Gasteiger charge is -2.24. The number of alkyl carbamates (subject to hydrolysis) is 2. The number of hydrogen-bond donors (Lipinski definition) is 7. The molecule has 0 saturated carbocycles. The third kappa shape index (κ3) is 8.42. The van der Waals surface area contributed by atoms with E-state index in [1.54, 1.807) is 32.5 Å². The van der Waals surface area contributed by atoms with Crippen LogP contribution < -0.4 is 30.7 Å². The Hall–Kier alpha value is -4.37. The number of rotatable bonds is 12. The van der Waals surface area contributed by atoms with Crippen LogP contribution in [0.15, 0.2) is 54.7 Å². The van der Waals surface area contributed by atoms with Gasteiger partial charge in [0.1, 0.15) is 35.9 Å². The normalized spacial score (nSPS) is 24.2. The van der Waals surface area contributed by atoms with Crippen LogP contribution in [0.4, 0.5) is 9.59 Å². The van der Waals surface area contributed by atoms with Crippen molar-refractivity contribution in [2.24, 2.45) is 0 Å². The molecule has 0 bridgehead atoms. The number of aromatic nitrogens is 2. The molecule has 14 heteroatoms. The van der Waals surface area contributed by atoms with E-state index in [1.807, 2.05) is 36.4 Å². The first-order valence-electron chi connectivity index (χ1n) is 14.8. The zero-order valence-electron chi connectivity index (χ0n) is 25.2. The Bertz CT molecular complexity index is 1410. The van der Waals surface area contributed by atoms with E-state index in [-0.39, 0.29) is 31.7 Å². The zero-order chi connectivity index (χ0) is 31.8. The monoisotopic (exact) mass is 624 g/mol. The second kappa shape index (κ2) is 15.1. The molecule has 2 fully saturated rings. The second-order valence-electron chi connectivity index (χ2n) is 11.1. The summed E-state index contributed by atoms with van der Waals surface area (Å²) in [6.07, 6.45) is -2.04. The van der Waals surface area contributed by atoms with Crippen molar-refractivity contribution in [3.63, 3.8) is 0 Å². The summed E-state index contributed by atoms with van der Waals surface area (Å²) in [7, 11) is 3.16. The molecule has 7 N–H and O–H groups in total. The first-order valence-corrected chi connectivity index (χ1v) is 14.8. The van der Waals surface area contributed by atoms with Gasteiger partial charge in [0.05, 0.1) is 38.5 Å². The van der Waals surface area contributed by atoms with Gasteiger partial charge in [0, 0.05) is 25.8 Å². The summed E-state index contributed by atoms with van der Waals surface area (Å²) in [6, 6.07) is 14.2. The molecule has 5 rings (SSSR count). The highest BCUT2D eigenvalue weighted by molar-refractivity contribution is 5.68. The van der Waals surface area contributed by atoms with Crippen molar-refractivity contribution >= 4 is 12.2 Å². The molecular formula is C31H40N6O8. The number of ether oxygens (including phenoxy) is 4. The first-order chi connectivity index (χ1) is 21.8. The number of nitrogens with one attached hydrogen (secondary N) is 5. The lowest BCUT2D eigenvalue weighted by Crippen LogP contribution is -2.42. The molecule has 2 saturated heterocycles. The van der Waals surface area contributed by atoms with Gasteiger partial charge in [-0.25, -0.2) is 9.59 Å². The topological polar surface area (TPSA) is 188 Å². The van der Waals surface area contributed by atoms with E-state index in [9.17, 15) is 19.8 Å². The van der Waals surface area contributed by atoms with Gasteiger partial charge < -0.3 is 50.4 Å². The fourth-order valence-corrected chi connectivity index (χ4v) is 5.64. The number of methoxy groups -OCH3 is 2. The number of carbonyl (C=O) groups excluding carboxylic acids is 2. The molecule has 0 spiro atoms. The minimum absolute atomic E-state index is 0.121. The molecule has 2 aliphatic rings. The van der Waals surface area contributed by atoms with Crippen molar-refractivity contribution in [3.8, 4) is 11.5 Å². The average molecular weight is 625 g/mol. The van der Waals surface area contributed by atoms with Crippen LogP contribution in [0, 0.1) is 0 Å². The Morgan fingerprint density at radius 2 is 1.40 bits per heavy atom. The predicted octanol–water partition coefficient (Wildman–Crippen LogP) is 0.767. The van der Waals surface area contributed by atoms with E-state index < -0.39 is 36.6 Å². The molecule has 1 aromatic heterocycles. The Kier molecular flexibility index (Phi) is 10.7. The molecule has 6 atom stereocenters. The van der Waals surface area contributed by atoms with Crippen LogP contribution in [0.3, 0.4) is 0 Å². The maximum atomic E-state index is 12.9. The van der Waals surface area contributed by atoms with Gasteiger partial charge in [-0.05, 0) is 59.9 Å².